The number of nitrogens with zero attached hydrogens (tertiary/aromatic N) is 4. The van der Waals surface area contributed by atoms with Crippen molar-refractivity contribution < 1.29 is 4.74 Å². The van der Waals surface area contributed by atoms with Gasteiger partial charge in [0.25, 0.3) is 0 Å². The summed E-state index contributed by atoms with van der Waals surface area (Å²) in [6, 6.07) is 31.7. The minimum atomic E-state index is 0.0136. The molecule has 0 aliphatic carbocycles. The van der Waals surface area contributed by atoms with Gasteiger partial charge >= 0.3 is 0 Å². The Kier molecular flexibility index (Phi) is 7.91. The third-order valence-corrected chi connectivity index (χ3v) is 9.85. The predicted molar refractivity (Wildman–Crippen MR) is 195 cm³/mol. The van der Waals surface area contributed by atoms with Crippen molar-refractivity contribution in [3.05, 3.63) is 121 Å². The lowest BCUT2D eigenvalue weighted by atomic mass is 9.88. The Balaban J connectivity index is 1.25. The first-order valence-electron chi connectivity index (χ1n) is 15.3. The van der Waals surface area contributed by atoms with E-state index in [4.69, 9.17) is 14.8 Å². The molecule has 0 atom stereocenters. The fraction of sp³-hybridized carbons (Fsp3) is 0.179. The maximum Gasteiger partial charge on any atom is 0.137 e. The molecule has 46 heavy (non-hydrogen) atoms. The zero-order valence-electron chi connectivity index (χ0n) is 26.9. The molecule has 0 aliphatic rings. The molecule has 0 spiro atoms. The first-order chi connectivity index (χ1) is 22.2. The second-order valence-electron chi connectivity index (χ2n) is 12.5. The van der Waals surface area contributed by atoms with E-state index >= 15 is 0 Å². The van der Waals surface area contributed by atoms with Gasteiger partial charge in [-0.2, -0.15) is 5.10 Å². The van der Waals surface area contributed by atoms with Crippen LogP contribution in [0.15, 0.2) is 119 Å². The Labute approximate surface area is 278 Å². The summed E-state index contributed by atoms with van der Waals surface area (Å²) in [6.07, 6.45) is 10.2. The number of thioether (sulfide) groups is 2. The molecule has 230 valence electrons. The highest BCUT2D eigenvalue weighted by Gasteiger charge is 2.19. The summed E-state index contributed by atoms with van der Waals surface area (Å²) in [4.78, 5) is 7.33. The Bertz CT molecular complexity index is 2200. The number of fused-ring (bicyclic) bond motifs is 3. The van der Waals surface area contributed by atoms with Gasteiger partial charge in [-0.3, -0.25) is 4.57 Å². The Hall–Kier alpha value is -4.46. The third-order valence-electron chi connectivity index (χ3n) is 8.33. The summed E-state index contributed by atoms with van der Waals surface area (Å²) in [6.45, 7) is 8.84. The summed E-state index contributed by atoms with van der Waals surface area (Å²) in [5.74, 6) is 2.40. The lowest BCUT2D eigenvalue weighted by Crippen LogP contribution is -2.12. The third kappa shape index (κ3) is 5.59. The molecule has 0 amide bonds. The summed E-state index contributed by atoms with van der Waals surface area (Å²) in [5, 5.41) is 7.10. The van der Waals surface area contributed by atoms with Crippen LogP contribution in [0.3, 0.4) is 0 Å². The van der Waals surface area contributed by atoms with E-state index in [1.54, 1.807) is 23.5 Å². The number of rotatable bonds is 7. The molecule has 0 fully saturated rings. The Morgan fingerprint density at radius 2 is 1.48 bits per heavy atom. The maximum atomic E-state index is 6.51. The zero-order chi connectivity index (χ0) is 32.0. The van der Waals surface area contributed by atoms with E-state index < -0.39 is 0 Å². The number of aromatic nitrogens is 4. The van der Waals surface area contributed by atoms with Crippen LogP contribution in [0.1, 0.15) is 31.9 Å². The van der Waals surface area contributed by atoms with E-state index in [1.165, 1.54) is 31.9 Å². The second kappa shape index (κ2) is 12.0. The SMILES string of the molecule is CSc1cc(C)cc(SC)c1-c1cnn(-c2cccc(Oc3ccc4c5ccccc5n(-c5cc(C(C)(C)C)ccn5)c4c3)c2)c1. The average molecular weight is 641 g/mol. The standard InChI is InChI=1S/C39H36N4OS2/c1-25-18-35(45-5)38(36(19-25)46-6)26-23-41-42(24-26)28-10-9-11-29(21-28)44-30-14-15-32-31-12-7-8-13-33(31)43(34(32)22-30)37-20-27(16-17-40-37)39(2,3)4/h7-24H,1-6H3. The van der Waals surface area contributed by atoms with E-state index in [0.29, 0.717) is 0 Å². The van der Waals surface area contributed by atoms with Crippen LogP contribution in [0, 0.1) is 6.92 Å². The first-order valence-corrected chi connectivity index (χ1v) is 17.7. The molecule has 3 heterocycles. The van der Waals surface area contributed by atoms with Crippen LogP contribution in [-0.2, 0) is 5.41 Å². The van der Waals surface area contributed by atoms with Gasteiger partial charge in [0, 0.05) is 56.2 Å². The smallest absolute Gasteiger partial charge is 0.137 e. The number of pyridine rings is 1. The van der Waals surface area contributed by atoms with Gasteiger partial charge in [0.1, 0.15) is 17.3 Å². The molecule has 0 aliphatic heterocycles. The van der Waals surface area contributed by atoms with Crippen molar-refractivity contribution in [1.29, 1.82) is 0 Å². The largest absolute Gasteiger partial charge is 0.457 e. The second-order valence-corrected chi connectivity index (χ2v) is 14.2. The Morgan fingerprint density at radius 3 is 2.24 bits per heavy atom. The van der Waals surface area contributed by atoms with E-state index in [9.17, 15) is 0 Å². The number of hydrogen-bond acceptors (Lipinski definition) is 5. The fourth-order valence-corrected chi connectivity index (χ4v) is 7.55. The lowest BCUT2D eigenvalue weighted by Gasteiger charge is -2.20. The molecular formula is C39H36N4OS2. The molecule has 3 aromatic heterocycles. The first kappa shape index (κ1) is 30.2. The van der Waals surface area contributed by atoms with Crippen LogP contribution in [0.4, 0.5) is 0 Å². The van der Waals surface area contributed by atoms with E-state index in [0.717, 1.165) is 45.0 Å². The lowest BCUT2D eigenvalue weighted by molar-refractivity contribution is 0.483. The van der Waals surface area contributed by atoms with Crippen LogP contribution in [0.25, 0.3) is 44.4 Å². The fourth-order valence-electron chi connectivity index (χ4n) is 6.01. The van der Waals surface area contributed by atoms with Crippen molar-refractivity contribution in [3.63, 3.8) is 0 Å². The highest BCUT2D eigenvalue weighted by molar-refractivity contribution is 7.99. The molecular weight excluding hydrogens is 605 g/mol. The monoisotopic (exact) mass is 640 g/mol. The summed E-state index contributed by atoms with van der Waals surface area (Å²) < 4.78 is 10.7. The van der Waals surface area contributed by atoms with Crippen molar-refractivity contribution in [2.75, 3.05) is 12.5 Å². The molecule has 0 N–H and O–H groups in total. The average Bonchev–Trinajstić information content (AvgIpc) is 3.67. The summed E-state index contributed by atoms with van der Waals surface area (Å²) in [5.41, 5.74) is 7.96. The molecule has 0 radical (unpaired) electrons. The summed E-state index contributed by atoms with van der Waals surface area (Å²) >= 11 is 3.54. The quantitative estimate of drug-likeness (QED) is 0.162. The molecule has 0 saturated heterocycles. The topological polar surface area (TPSA) is 44.9 Å². The van der Waals surface area contributed by atoms with Gasteiger partial charge in [-0.15, -0.1) is 23.5 Å². The van der Waals surface area contributed by atoms with Crippen LogP contribution in [-0.4, -0.2) is 31.8 Å². The Morgan fingerprint density at radius 1 is 0.739 bits per heavy atom. The van der Waals surface area contributed by atoms with Crippen molar-refractivity contribution in [2.24, 2.45) is 0 Å². The number of ether oxygens (including phenoxy) is 1. The van der Waals surface area contributed by atoms with Crippen LogP contribution in [0.5, 0.6) is 11.5 Å². The molecule has 4 aromatic carbocycles. The van der Waals surface area contributed by atoms with Gasteiger partial charge in [0.2, 0.25) is 0 Å². The van der Waals surface area contributed by atoms with Crippen LogP contribution >= 0.6 is 23.5 Å². The number of hydrogen-bond donors (Lipinski definition) is 0. The van der Waals surface area contributed by atoms with Crippen molar-refractivity contribution in [2.45, 2.75) is 42.9 Å². The van der Waals surface area contributed by atoms with Gasteiger partial charge < -0.3 is 4.74 Å². The van der Waals surface area contributed by atoms with Gasteiger partial charge in [-0.1, -0.05) is 45.0 Å². The molecule has 0 unspecified atom stereocenters. The van der Waals surface area contributed by atoms with E-state index in [-0.39, 0.29) is 5.41 Å². The van der Waals surface area contributed by atoms with Gasteiger partial charge in [0.15, 0.2) is 0 Å². The molecule has 5 nitrogen and oxygen atoms in total. The maximum absolute atomic E-state index is 6.51. The highest BCUT2D eigenvalue weighted by Crippen LogP contribution is 2.40. The molecule has 7 rings (SSSR count). The highest BCUT2D eigenvalue weighted by atomic mass is 32.2. The number of aryl methyl sites for hydroxylation is 1. The molecule has 7 aromatic rings. The summed E-state index contributed by atoms with van der Waals surface area (Å²) in [7, 11) is 0. The van der Waals surface area contributed by atoms with E-state index in [1.807, 2.05) is 41.3 Å². The van der Waals surface area contributed by atoms with Crippen molar-refractivity contribution >= 4 is 45.3 Å². The number of benzene rings is 4. The van der Waals surface area contributed by atoms with Gasteiger partial charge in [-0.05, 0) is 90.6 Å². The van der Waals surface area contributed by atoms with Crippen molar-refractivity contribution in [1.82, 2.24) is 19.3 Å². The van der Waals surface area contributed by atoms with E-state index in [2.05, 4.69) is 118 Å². The predicted octanol–water partition coefficient (Wildman–Crippen LogP) is 10.9. The molecule has 0 bridgehead atoms. The number of para-hydroxylation sites is 1. The minimum Gasteiger partial charge on any atom is -0.457 e. The van der Waals surface area contributed by atoms with Crippen LogP contribution < -0.4 is 4.74 Å². The zero-order valence-corrected chi connectivity index (χ0v) is 28.5. The minimum absolute atomic E-state index is 0.0136. The van der Waals surface area contributed by atoms with Crippen LogP contribution in [0.2, 0.25) is 0 Å². The van der Waals surface area contributed by atoms with Gasteiger partial charge in [-0.25, -0.2) is 9.67 Å². The molecule has 0 saturated carbocycles. The van der Waals surface area contributed by atoms with Crippen molar-refractivity contribution in [3.8, 4) is 34.1 Å². The normalized spacial score (nSPS) is 11.9. The van der Waals surface area contributed by atoms with Gasteiger partial charge in [0.05, 0.1) is 22.9 Å². The molecule has 7 heteroatoms.